The van der Waals surface area contributed by atoms with Gasteiger partial charge in [-0.25, -0.2) is 0 Å². The molecule has 0 saturated carbocycles. The summed E-state index contributed by atoms with van der Waals surface area (Å²) in [6.07, 6.45) is 0. The first-order chi connectivity index (χ1) is 8.45. The van der Waals surface area contributed by atoms with E-state index in [-0.39, 0.29) is 12.5 Å². The second-order valence-electron chi connectivity index (χ2n) is 3.32. The molecule has 0 heterocycles. The van der Waals surface area contributed by atoms with Gasteiger partial charge in [-0.3, -0.25) is 9.59 Å². The number of alkyl halides is 1. The molecular weight excluding hydrogens is 389 g/mol. The van der Waals surface area contributed by atoms with E-state index >= 15 is 0 Å². The highest BCUT2D eigenvalue weighted by atomic mass is 79.9. The SMILES string of the molecule is COC(=O)C(Br)CNC(=O)c1ccc(Br)cc1Cl. The maximum atomic E-state index is 11.8. The lowest BCUT2D eigenvalue weighted by Gasteiger charge is -2.10. The Bertz CT molecular complexity index is 468. The normalized spacial score (nSPS) is 11.8. The highest BCUT2D eigenvalue weighted by Crippen LogP contribution is 2.21. The van der Waals surface area contributed by atoms with Crippen LogP contribution in [0, 0.1) is 0 Å². The van der Waals surface area contributed by atoms with Crippen LogP contribution in [-0.2, 0) is 9.53 Å². The molecule has 0 radical (unpaired) electrons. The Morgan fingerprint density at radius 1 is 1.50 bits per heavy atom. The standard InChI is InChI=1S/C11H10Br2ClNO3/c1-18-11(17)8(13)5-15-10(16)7-3-2-6(12)4-9(7)14/h2-4,8H,5H2,1H3,(H,15,16). The third-order valence-corrected chi connectivity index (χ3v) is 3.58. The van der Waals surface area contributed by atoms with Gasteiger partial charge < -0.3 is 10.1 Å². The molecular formula is C11H10Br2ClNO3. The molecule has 1 amide bonds. The molecule has 18 heavy (non-hydrogen) atoms. The summed E-state index contributed by atoms with van der Waals surface area (Å²) >= 11 is 12.3. The molecule has 0 saturated heterocycles. The van der Waals surface area contributed by atoms with E-state index in [2.05, 4.69) is 41.9 Å². The van der Waals surface area contributed by atoms with Gasteiger partial charge >= 0.3 is 5.97 Å². The van der Waals surface area contributed by atoms with Crippen molar-refractivity contribution in [3.63, 3.8) is 0 Å². The summed E-state index contributed by atoms with van der Waals surface area (Å²) in [6.45, 7) is 0.123. The van der Waals surface area contributed by atoms with Gasteiger partial charge in [-0.05, 0) is 18.2 Å². The van der Waals surface area contributed by atoms with Crippen LogP contribution >= 0.6 is 43.5 Å². The maximum absolute atomic E-state index is 11.8. The fourth-order valence-electron chi connectivity index (χ4n) is 1.16. The van der Waals surface area contributed by atoms with Crippen molar-refractivity contribution in [2.75, 3.05) is 13.7 Å². The fraction of sp³-hybridized carbons (Fsp3) is 0.273. The van der Waals surface area contributed by atoms with Crippen molar-refractivity contribution in [1.29, 1.82) is 0 Å². The Morgan fingerprint density at radius 3 is 2.72 bits per heavy atom. The minimum Gasteiger partial charge on any atom is -0.468 e. The number of nitrogens with one attached hydrogen (secondary N) is 1. The smallest absolute Gasteiger partial charge is 0.321 e. The molecule has 98 valence electrons. The predicted molar refractivity (Wildman–Crippen MR) is 76.2 cm³/mol. The highest BCUT2D eigenvalue weighted by molar-refractivity contribution is 9.10. The monoisotopic (exact) mass is 397 g/mol. The van der Waals surface area contributed by atoms with Crippen molar-refractivity contribution in [1.82, 2.24) is 5.32 Å². The Kier molecular flexibility index (Phi) is 6.11. The van der Waals surface area contributed by atoms with E-state index in [0.717, 1.165) is 4.47 Å². The van der Waals surface area contributed by atoms with Crippen LogP contribution in [0.3, 0.4) is 0 Å². The predicted octanol–water partition coefficient (Wildman–Crippen LogP) is 2.77. The molecule has 0 bridgehead atoms. The fourth-order valence-corrected chi connectivity index (χ4v) is 2.27. The van der Waals surface area contributed by atoms with Gasteiger partial charge in [0.05, 0.1) is 17.7 Å². The first kappa shape index (κ1) is 15.5. The number of benzene rings is 1. The van der Waals surface area contributed by atoms with Gasteiger partial charge in [-0.1, -0.05) is 43.5 Å². The van der Waals surface area contributed by atoms with Crippen molar-refractivity contribution >= 4 is 55.3 Å². The molecule has 0 aliphatic rings. The number of methoxy groups -OCH3 is 1. The number of carbonyl (C=O) groups is 2. The molecule has 1 N–H and O–H groups in total. The number of hydrogen-bond acceptors (Lipinski definition) is 3. The molecule has 1 aromatic rings. The van der Waals surface area contributed by atoms with Gasteiger partial charge in [0.15, 0.2) is 0 Å². The topological polar surface area (TPSA) is 55.4 Å². The van der Waals surface area contributed by atoms with E-state index < -0.39 is 10.8 Å². The van der Waals surface area contributed by atoms with Crippen LogP contribution < -0.4 is 5.32 Å². The molecule has 1 aromatic carbocycles. The maximum Gasteiger partial charge on any atom is 0.321 e. The van der Waals surface area contributed by atoms with E-state index in [0.29, 0.717) is 10.6 Å². The number of ether oxygens (including phenoxy) is 1. The number of halogens is 3. The number of rotatable bonds is 4. The van der Waals surface area contributed by atoms with E-state index in [1.54, 1.807) is 18.2 Å². The lowest BCUT2D eigenvalue weighted by atomic mass is 10.2. The summed E-state index contributed by atoms with van der Waals surface area (Å²) < 4.78 is 5.31. The minimum absolute atomic E-state index is 0.123. The molecule has 0 aliphatic carbocycles. The van der Waals surface area contributed by atoms with Gasteiger partial charge in [0.1, 0.15) is 4.83 Å². The first-order valence-corrected chi connectivity index (χ1v) is 6.99. The van der Waals surface area contributed by atoms with Crippen LogP contribution in [0.1, 0.15) is 10.4 Å². The Labute approximate surface area is 126 Å². The van der Waals surface area contributed by atoms with Crippen molar-refractivity contribution < 1.29 is 14.3 Å². The lowest BCUT2D eigenvalue weighted by molar-refractivity contribution is -0.139. The Balaban J connectivity index is 2.63. The number of esters is 1. The van der Waals surface area contributed by atoms with Crippen LogP contribution in [-0.4, -0.2) is 30.4 Å². The van der Waals surface area contributed by atoms with Gasteiger partial charge in [0.25, 0.3) is 5.91 Å². The molecule has 1 atom stereocenters. The average molecular weight is 399 g/mol. The molecule has 1 unspecified atom stereocenters. The summed E-state index contributed by atoms with van der Waals surface area (Å²) in [5.41, 5.74) is 0.351. The van der Waals surface area contributed by atoms with E-state index in [9.17, 15) is 9.59 Å². The van der Waals surface area contributed by atoms with Crippen molar-refractivity contribution in [2.24, 2.45) is 0 Å². The van der Waals surface area contributed by atoms with Crippen LogP contribution in [0.25, 0.3) is 0 Å². The van der Waals surface area contributed by atoms with E-state index in [1.165, 1.54) is 7.11 Å². The summed E-state index contributed by atoms with van der Waals surface area (Å²) in [7, 11) is 1.28. The van der Waals surface area contributed by atoms with Crippen molar-refractivity contribution in [3.8, 4) is 0 Å². The quantitative estimate of drug-likeness (QED) is 0.626. The second-order valence-corrected chi connectivity index (χ2v) is 5.75. The third-order valence-electron chi connectivity index (χ3n) is 2.07. The number of carbonyl (C=O) groups excluding carboxylic acids is 2. The zero-order valence-electron chi connectivity index (χ0n) is 9.38. The van der Waals surface area contributed by atoms with E-state index in [4.69, 9.17) is 11.6 Å². The largest absolute Gasteiger partial charge is 0.468 e. The van der Waals surface area contributed by atoms with Crippen LogP contribution in [0.4, 0.5) is 0 Å². The van der Waals surface area contributed by atoms with Crippen LogP contribution in [0.5, 0.6) is 0 Å². The number of hydrogen-bond donors (Lipinski definition) is 1. The summed E-state index contributed by atoms with van der Waals surface area (Å²) in [5.74, 6) is -0.793. The summed E-state index contributed by atoms with van der Waals surface area (Å²) in [6, 6.07) is 4.94. The van der Waals surface area contributed by atoms with Gasteiger partial charge in [0.2, 0.25) is 0 Å². The summed E-state index contributed by atoms with van der Waals surface area (Å²) in [4.78, 5) is 22.3. The summed E-state index contributed by atoms with van der Waals surface area (Å²) in [5, 5.41) is 2.93. The Morgan fingerprint density at radius 2 is 2.17 bits per heavy atom. The lowest BCUT2D eigenvalue weighted by Crippen LogP contribution is -2.34. The molecule has 0 fully saturated rings. The van der Waals surface area contributed by atoms with Crippen LogP contribution in [0.15, 0.2) is 22.7 Å². The minimum atomic E-state index is -0.583. The average Bonchev–Trinajstić information content (AvgIpc) is 2.34. The second kappa shape index (κ2) is 7.11. The zero-order chi connectivity index (χ0) is 13.7. The van der Waals surface area contributed by atoms with Gasteiger partial charge in [-0.2, -0.15) is 0 Å². The third kappa shape index (κ3) is 4.26. The Hall–Kier alpha value is -0.590. The molecule has 4 nitrogen and oxygen atoms in total. The molecule has 0 aliphatic heterocycles. The van der Waals surface area contributed by atoms with Gasteiger partial charge in [0, 0.05) is 11.0 Å². The molecule has 7 heteroatoms. The van der Waals surface area contributed by atoms with Crippen molar-refractivity contribution in [2.45, 2.75) is 4.83 Å². The van der Waals surface area contributed by atoms with Gasteiger partial charge in [-0.15, -0.1) is 0 Å². The number of amides is 1. The molecule has 1 rings (SSSR count). The molecule has 0 aromatic heterocycles. The molecule has 0 spiro atoms. The van der Waals surface area contributed by atoms with E-state index in [1.807, 2.05) is 0 Å². The highest BCUT2D eigenvalue weighted by Gasteiger charge is 2.17. The first-order valence-electron chi connectivity index (χ1n) is 4.91. The van der Waals surface area contributed by atoms with Crippen molar-refractivity contribution in [3.05, 3.63) is 33.3 Å². The zero-order valence-corrected chi connectivity index (χ0v) is 13.3. The van der Waals surface area contributed by atoms with Crippen LogP contribution in [0.2, 0.25) is 5.02 Å².